The van der Waals surface area contributed by atoms with Gasteiger partial charge >= 0.3 is 0 Å². The molecule has 0 spiro atoms. The predicted octanol–water partition coefficient (Wildman–Crippen LogP) is 2.50. The molecule has 0 radical (unpaired) electrons. The van der Waals surface area contributed by atoms with Crippen molar-refractivity contribution in [1.82, 2.24) is 14.8 Å². The molecule has 0 aromatic carbocycles. The van der Waals surface area contributed by atoms with Crippen LogP contribution in [0.15, 0.2) is 18.0 Å². The summed E-state index contributed by atoms with van der Waals surface area (Å²) in [5, 5.41) is 15.3. The fourth-order valence-electron chi connectivity index (χ4n) is 2.20. The van der Waals surface area contributed by atoms with Gasteiger partial charge in [0.05, 0.1) is 6.54 Å². The summed E-state index contributed by atoms with van der Waals surface area (Å²) < 4.78 is 1.81. The summed E-state index contributed by atoms with van der Waals surface area (Å²) in [5.41, 5.74) is -0.181. The maximum absolute atomic E-state index is 11.1. The molecule has 1 aliphatic rings. The molecular weight excluding hydrogens is 226 g/mol. The van der Waals surface area contributed by atoms with Crippen LogP contribution in [0.25, 0.3) is 0 Å². The van der Waals surface area contributed by atoms with Crippen molar-refractivity contribution in [3.8, 4) is 0 Å². The summed E-state index contributed by atoms with van der Waals surface area (Å²) >= 11 is 0. The van der Waals surface area contributed by atoms with Crippen molar-refractivity contribution >= 4 is 0 Å². The van der Waals surface area contributed by atoms with Crippen LogP contribution in [0, 0.1) is 10.8 Å². The molecule has 2 rings (SSSR count). The van der Waals surface area contributed by atoms with E-state index < -0.39 is 5.60 Å². The van der Waals surface area contributed by atoms with Crippen molar-refractivity contribution in [3.05, 3.63) is 23.8 Å². The van der Waals surface area contributed by atoms with E-state index in [2.05, 4.69) is 30.9 Å². The SMILES string of the molecule is CC(C)(C)C1=CC(O)(C(C)(C)C)c2ncnn2C1. The Hall–Kier alpha value is -1.16. The van der Waals surface area contributed by atoms with Crippen molar-refractivity contribution < 1.29 is 5.11 Å². The molecule has 1 N–H and O–H groups in total. The van der Waals surface area contributed by atoms with Gasteiger partial charge in [-0.25, -0.2) is 9.67 Å². The van der Waals surface area contributed by atoms with Crippen LogP contribution in [0.2, 0.25) is 0 Å². The van der Waals surface area contributed by atoms with E-state index in [-0.39, 0.29) is 10.8 Å². The van der Waals surface area contributed by atoms with E-state index in [4.69, 9.17) is 0 Å². The van der Waals surface area contributed by atoms with Gasteiger partial charge in [-0.15, -0.1) is 0 Å². The first-order valence-corrected chi connectivity index (χ1v) is 6.38. The highest BCUT2D eigenvalue weighted by molar-refractivity contribution is 5.28. The Morgan fingerprint density at radius 1 is 1.22 bits per heavy atom. The molecule has 0 saturated heterocycles. The van der Waals surface area contributed by atoms with Crippen LogP contribution >= 0.6 is 0 Å². The summed E-state index contributed by atoms with van der Waals surface area (Å²) in [7, 11) is 0. The second-order valence-electron chi connectivity index (χ2n) is 7.18. The van der Waals surface area contributed by atoms with E-state index in [1.807, 2.05) is 31.5 Å². The van der Waals surface area contributed by atoms with Gasteiger partial charge in [0.2, 0.25) is 0 Å². The van der Waals surface area contributed by atoms with Gasteiger partial charge < -0.3 is 5.11 Å². The molecule has 1 aromatic heterocycles. The van der Waals surface area contributed by atoms with E-state index in [0.29, 0.717) is 12.4 Å². The smallest absolute Gasteiger partial charge is 0.163 e. The number of aliphatic hydroxyl groups is 1. The van der Waals surface area contributed by atoms with Gasteiger partial charge in [0.25, 0.3) is 0 Å². The molecule has 0 amide bonds. The Kier molecular flexibility index (Phi) is 2.71. The molecule has 2 heterocycles. The van der Waals surface area contributed by atoms with E-state index in [0.717, 1.165) is 0 Å². The van der Waals surface area contributed by atoms with Crippen LogP contribution in [-0.4, -0.2) is 19.9 Å². The van der Waals surface area contributed by atoms with Crippen LogP contribution in [0.5, 0.6) is 0 Å². The molecule has 0 bridgehead atoms. The van der Waals surface area contributed by atoms with Crippen molar-refractivity contribution in [1.29, 1.82) is 0 Å². The first-order valence-electron chi connectivity index (χ1n) is 6.38. The number of hydrogen-bond acceptors (Lipinski definition) is 3. The minimum absolute atomic E-state index is 0.0167. The lowest BCUT2D eigenvalue weighted by atomic mass is 9.71. The highest BCUT2D eigenvalue weighted by Crippen LogP contribution is 2.45. The van der Waals surface area contributed by atoms with Crippen molar-refractivity contribution in [2.45, 2.75) is 53.7 Å². The van der Waals surface area contributed by atoms with Crippen molar-refractivity contribution in [2.24, 2.45) is 10.8 Å². The summed E-state index contributed by atoms with van der Waals surface area (Å²) in [6.45, 7) is 13.2. The highest BCUT2D eigenvalue weighted by atomic mass is 16.3. The van der Waals surface area contributed by atoms with Crippen molar-refractivity contribution in [3.63, 3.8) is 0 Å². The molecule has 4 heteroatoms. The van der Waals surface area contributed by atoms with E-state index in [1.165, 1.54) is 11.9 Å². The second-order valence-corrected chi connectivity index (χ2v) is 7.18. The molecule has 1 aromatic rings. The summed E-state index contributed by atoms with van der Waals surface area (Å²) in [5.74, 6) is 0.642. The third-order valence-electron chi connectivity index (χ3n) is 3.77. The molecule has 18 heavy (non-hydrogen) atoms. The van der Waals surface area contributed by atoms with Crippen LogP contribution in [-0.2, 0) is 12.1 Å². The largest absolute Gasteiger partial charge is 0.377 e. The number of aromatic nitrogens is 3. The maximum atomic E-state index is 11.1. The monoisotopic (exact) mass is 249 g/mol. The third-order valence-corrected chi connectivity index (χ3v) is 3.77. The van der Waals surface area contributed by atoms with Gasteiger partial charge in [-0.05, 0) is 17.1 Å². The zero-order valence-corrected chi connectivity index (χ0v) is 12.2. The standard InChI is InChI=1S/C14H23N3O/c1-12(2,3)10-7-14(18,13(4,5)6)11-15-9-16-17(11)8-10/h7,9,18H,8H2,1-6H3. The molecule has 1 unspecified atom stereocenters. The Bertz CT molecular complexity index is 488. The van der Waals surface area contributed by atoms with Gasteiger partial charge in [-0.1, -0.05) is 41.5 Å². The van der Waals surface area contributed by atoms with Gasteiger partial charge in [-0.2, -0.15) is 5.10 Å². The molecular formula is C14H23N3O. The van der Waals surface area contributed by atoms with Crippen LogP contribution in [0.1, 0.15) is 47.4 Å². The van der Waals surface area contributed by atoms with Crippen LogP contribution in [0.4, 0.5) is 0 Å². The topological polar surface area (TPSA) is 50.9 Å². The van der Waals surface area contributed by atoms with E-state index in [9.17, 15) is 5.11 Å². The first kappa shape index (κ1) is 13.3. The second kappa shape index (κ2) is 3.67. The van der Waals surface area contributed by atoms with Gasteiger partial charge in [0.15, 0.2) is 5.82 Å². The fourth-order valence-corrected chi connectivity index (χ4v) is 2.20. The molecule has 0 fully saturated rings. The first-order chi connectivity index (χ1) is 8.06. The molecule has 4 nitrogen and oxygen atoms in total. The lowest BCUT2D eigenvalue weighted by molar-refractivity contribution is -0.0352. The van der Waals surface area contributed by atoms with Crippen LogP contribution < -0.4 is 0 Å². The Morgan fingerprint density at radius 3 is 2.33 bits per heavy atom. The zero-order valence-electron chi connectivity index (χ0n) is 12.2. The number of rotatable bonds is 0. The highest BCUT2D eigenvalue weighted by Gasteiger charge is 2.47. The number of fused-ring (bicyclic) bond motifs is 1. The summed E-state index contributed by atoms with van der Waals surface area (Å²) in [4.78, 5) is 4.25. The molecule has 100 valence electrons. The van der Waals surface area contributed by atoms with Gasteiger partial charge in [-0.3, -0.25) is 0 Å². The minimum atomic E-state index is -1.07. The number of hydrogen-bond donors (Lipinski definition) is 1. The predicted molar refractivity (Wildman–Crippen MR) is 70.9 cm³/mol. The maximum Gasteiger partial charge on any atom is 0.163 e. The molecule has 1 atom stereocenters. The summed E-state index contributed by atoms with van der Waals surface area (Å²) in [6, 6.07) is 0. The average molecular weight is 249 g/mol. The fraction of sp³-hybridized carbons (Fsp3) is 0.714. The molecule has 0 aliphatic carbocycles. The van der Waals surface area contributed by atoms with E-state index >= 15 is 0 Å². The molecule has 0 saturated carbocycles. The molecule has 1 aliphatic heterocycles. The van der Waals surface area contributed by atoms with Gasteiger partial charge in [0.1, 0.15) is 11.9 Å². The Balaban J connectivity index is 2.61. The Morgan fingerprint density at radius 2 is 1.83 bits per heavy atom. The van der Waals surface area contributed by atoms with Crippen LogP contribution in [0.3, 0.4) is 0 Å². The van der Waals surface area contributed by atoms with Gasteiger partial charge in [0, 0.05) is 5.41 Å². The zero-order chi connectivity index (χ0) is 13.8. The number of nitrogens with zero attached hydrogens (tertiary/aromatic N) is 3. The average Bonchev–Trinajstić information content (AvgIpc) is 2.62. The quantitative estimate of drug-likeness (QED) is 0.719. The van der Waals surface area contributed by atoms with E-state index in [1.54, 1.807) is 0 Å². The normalized spacial score (nSPS) is 24.7. The number of allylic oxidation sites excluding steroid dienone is 1. The third kappa shape index (κ3) is 1.88. The minimum Gasteiger partial charge on any atom is -0.377 e. The lowest BCUT2D eigenvalue weighted by Gasteiger charge is -2.42. The Labute approximate surface area is 109 Å². The summed E-state index contributed by atoms with van der Waals surface area (Å²) in [6.07, 6.45) is 3.50. The lowest BCUT2D eigenvalue weighted by Crippen LogP contribution is -2.44. The van der Waals surface area contributed by atoms with Crippen molar-refractivity contribution in [2.75, 3.05) is 0 Å².